The van der Waals surface area contributed by atoms with Gasteiger partial charge in [-0.05, 0) is 20.0 Å². The van der Waals surface area contributed by atoms with Crippen molar-refractivity contribution in [1.82, 2.24) is 15.0 Å². The molecule has 19 heavy (non-hydrogen) atoms. The number of aryl methyl sites for hydroxylation is 1. The second-order valence-electron chi connectivity index (χ2n) is 4.51. The van der Waals surface area contributed by atoms with Crippen molar-refractivity contribution in [2.75, 3.05) is 26.7 Å². The Morgan fingerprint density at radius 3 is 2.74 bits per heavy atom. The number of aliphatic hydroxyl groups excluding tert-OH is 1. The zero-order valence-corrected chi connectivity index (χ0v) is 11.1. The van der Waals surface area contributed by atoms with Crippen LogP contribution in [0.4, 0.5) is 0 Å². The molecule has 0 amide bonds. The highest BCUT2D eigenvalue weighted by Gasteiger charge is 2.08. The number of aromatic nitrogens is 2. The highest BCUT2D eigenvalue weighted by Crippen LogP contribution is 2.15. The molecule has 0 unspecified atom stereocenters. The minimum absolute atomic E-state index is 0.190. The van der Waals surface area contributed by atoms with Gasteiger partial charge in [0.1, 0.15) is 0 Å². The minimum Gasteiger partial charge on any atom is -0.395 e. The van der Waals surface area contributed by atoms with Gasteiger partial charge in [0.25, 0.3) is 0 Å². The molecule has 102 valence electrons. The number of nitrogens with zero attached hydrogens (tertiary/aromatic N) is 3. The molecule has 2 rings (SSSR count). The molecule has 5 heteroatoms. The van der Waals surface area contributed by atoms with E-state index in [0.717, 1.165) is 24.9 Å². The summed E-state index contributed by atoms with van der Waals surface area (Å²) in [5.74, 6) is 1.30. The quantitative estimate of drug-likeness (QED) is 0.820. The summed E-state index contributed by atoms with van der Waals surface area (Å²) in [5.41, 5.74) is 0.967. The van der Waals surface area contributed by atoms with E-state index in [1.54, 1.807) is 0 Å². The molecule has 5 nitrogen and oxygen atoms in total. The monoisotopic (exact) mass is 261 g/mol. The van der Waals surface area contributed by atoms with Crippen LogP contribution in [0, 0.1) is 0 Å². The summed E-state index contributed by atoms with van der Waals surface area (Å²) < 4.78 is 5.23. The smallest absolute Gasteiger partial charge is 0.227 e. The highest BCUT2D eigenvalue weighted by atomic mass is 16.5. The Morgan fingerprint density at radius 2 is 2.00 bits per heavy atom. The van der Waals surface area contributed by atoms with Gasteiger partial charge in [-0.3, -0.25) is 0 Å². The largest absolute Gasteiger partial charge is 0.395 e. The fraction of sp³-hybridized carbons (Fsp3) is 0.429. The van der Waals surface area contributed by atoms with Gasteiger partial charge >= 0.3 is 0 Å². The van der Waals surface area contributed by atoms with E-state index >= 15 is 0 Å². The lowest BCUT2D eigenvalue weighted by Gasteiger charge is -2.13. The topological polar surface area (TPSA) is 62.4 Å². The average Bonchev–Trinajstić information content (AvgIpc) is 2.89. The summed E-state index contributed by atoms with van der Waals surface area (Å²) in [6.45, 7) is 1.79. The van der Waals surface area contributed by atoms with Crippen molar-refractivity contribution in [3.8, 4) is 11.4 Å². The van der Waals surface area contributed by atoms with Gasteiger partial charge in [0, 0.05) is 18.5 Å². The minimum atomic E-state index is 0.190. The zero-order valence-electron chi connectivity index (χ0n) is 11.1. The van der Waals surface area contributed by atoms with E-state index in [2.05, 4.69) is 15.0 Å². The molecule has 1 N–H and O–H groups in total. The molecule has 1 aromatic heterocycles. The predicted molar refractivity (Wildman–Crippen MR) is 72.6 cm³/mol. The summed E-state index contributed by atoms with van der Waals surface area (Å²) >= 11 is 0. The third kappa shape index (κ3) is 4.15. The van der Waals surface area contributed by atoms with Gasteiger partial charge in [-0.15, -0.1) is 0 Å². The lowest BCUT2D eigenvalue weighted by Crippen LogP contribution is -2.23. The first-order valence-electron chi connectivity index (χ1n) is 6.47. The van der Waals surface area contributed by atoms with Crippen molar-refractivity contribution in [3.05, 3.63) is 36.2 Å². The van der Waals surface area contributed by atoms with E-state index in [9.17, 15) is 0 Å². The molecule has 1 aromatic carbocycles. The Bertz CT molecular complexity index is 484. The van der Waals surface area contributed by atoms with E-state index in [4.69, 9.17) is 9.63 Å². The molecule has 0 saturated carbocycles. The molecule has 0 aliphatic carbocycles. The first-order chi connectivity index (χ1) is 9.29. The van der Waals surface area contributed by atoms with Crippen LogP contribution in [0.25, 0.3) is 11.4 Å². The van der Waals surface area contributed by atoms with Gasteiger partial charge in [-0.25, -0.2) is 0 Å². The van der Waals surface area contributed by atoms with Crippen molar-refractivity contribution >= 4 is 0 Å². The molecule has 0 aliphatic heterocycles. The molecule has 0 fully saturated rings. The molecule has 1 heterocycles. The number of likely N-dealkylation sites (N-methyl/N-ethyl adjacent to an activating group) is 1. The van der Waals surface area contributed by atoms with Crippen LogP contribution < -0.4 is 0 Å². The van der Waals surface area contributed by atoms with Gasteiger partial charge < -0.3 is 14.5 Å². The number of hydrogen-bond donors (Lipinski definition) is 1. The van der Waals surface area contributed by atoms with E-state index in [1.165, 1.54) is 0 Å². The molecule has 0 saturated heterocycles. The number of rotatable bonds is 7. The Morgan fingerprint density at radius 1 is 1.21 bits per heavy atom. The summed E-state index contributed by atoms with van der Waals surface area (Å²) in [7, 11) is 1.99. The van der Waals surface area contributed by atoms with Crippen LogP contribution in [0.15, 0.2) is 34.9 Å². The summed E-state index contributed by atoms with van der Waals surface area (Å²) in [4.78, 5) is 6.46. The van der Waals surface area contributed by atoms with Gasteiger partial charge in [0.05, 0.1) is 6.61 Å². The van der Waals surface area contributed by atoms with Crippen molar-refractivity contribution < 1.29 is 9.63 Å². The van der Waals surface area contributed by atoms with Crippen LogP contribution in [0.1, 0.15) is 12.3 Å². The van der Waals surface area contributed by atoms with Gasteiger partial charge in [-0.1, -0.05) is 35.5 Å². The summed E-state index contributed by atoms with van der Waals surface area (Å²) in [5, 5.41) is 12.8. The standard InChI is InChI=1S/C14H19N3O2/c1-17(10-11-18)9-5-8-13-15-14(16-19-13)12-6-3-2-4-7-12/h2-4,6-7,18H,5,8-11H2,1H3. The van der Waals surface area contributed by atoms with Crippen LogP contribution >= 0.6 is 0 Å². The number of benzene rings is 1. The SMILES string of the molecule is CN(CCO)CCCc1nc(-c2ccccc2)no1. The van der Waals surface area contributed by atoms with E-state index in [0.29, 0.717) is 18.3 Å². The third-order valence-corrected chi connectivity index (χ3v) is 2.91. The molecular formula is C14H19N3O2. The fourth-order valence-electron chi connectivity index (χ4n) is 1.84. The Kier molecular flexibility index (Phi) is 5.06. The second-order valence-corrected chi connectivity index (χ2v) is 4.51. The maximum Gasteiger partial charge on any atom is 0.227 e. The van der Waals surface area contributed by atoms with Crippen LogP contribution in [-0.4, -0.2) is 46.9 Å². The van der Waals surface area contributed by atoms with E-state index < -0.39 is 0 Å². The Labute approximate surface area is 112 Å². The predicted octanol–water partition coefficient (Wildman–Crippen LogP) is 1.59. The molecule has 0 radical (unpaired) electrons. The highest BCUT2D eigenvalue weighted by molar-refractivity contribution is 5.53. The summed E-state index contributed by atoms with van der Waals surface area (Å²) in [6, 6.07) is 9.79. The van der Waals surface area contributed by atoms with Gasteiger partial charge in [0.2, 0.25) is 11.7 Å². The number of aliphatic hydroxyl groups is 1. The van der Waals surface area contributed by atoms with Crippen LogP contribution in [-0.2, 0) is 6.42 Å². The zero-order chi connectivity index (χ0) is 13.5. The van der Waals surface area contributed by atoms with Crippen molar-refractivity contribution in [2.45, 2.75) is 12.8 Å². The molecule has 0 aliphatic rings. The first kappa shape index (κ1) is 13.7. The Hall–Kier alpha value is -1.72. The van der Waals surface area contributed by atoms with Gasteiger partial charge in [0.15, 0.2) is 0 Å². The summed E-state index contributed by atoms with van der Waals surface area (Å²) in [6.07, 6.45) is 1.70. The molecule has 0 spiro atoms. The lowest BCUT2D eigenvalue weighted by molar-refractivity contribution is 0.219. The fourth-order valence-corrected chi connectivity index (χ4v) is 1.84. The van der Waals surface area contributed by atoms with E-state index in [-0.39, 0.29) is 6.61 Å². The first-order valence-corrected chi connectivity index (χ1v) is 6.47. The van der Waals surface area contributed by atoms with Crippen LogP contribution in [0.5, 0.6) is 0 Å². The molecular weight excluding hydrogens is 242 g/mol. The molecule has 0 atom stereocenters. The normalized spacial score (nSPS) is 11.1. The van der Waals surface area contributed by atoms with Gasteiger partial charge in [-0.2, -0.15) is 4.98 Å². The van der Waals surface area contributed by atoms with Crippen LogP contribution in [0.3, 0.4) is 0 Å². The van der Waals surface area contributed by atoms with Crippen molar-refractivity contribution in [2.24, 2.45) is 0 Å². The third-order valence-electron chi connectivity index (χ3n) is 2.91. The average molecular weight is 261 g/mol. The van der Waals surface area contributed by atoms with Crippen molar-refractivity contribution in [1.29, 1.82) is 0 Å². The van der Waals surface area contributed by atoms with E-state index in [1.807, 2.05) is 37.4 Å². The molecule has 2 aromatic rings. The maximum atomic E-state index is 8.80. The second kappa shape index (κ2) is 7.01. The molecule has 0 bridgehead atoms. The Balaban J connectivity index is 1.85. The van der Waals surface area contributed by atoms with Crippen LogP contribution in [0.2, 0.25) is 0 Å². The number of hydrogen-bond acceptors (Lipinski definition) is 5. The maximum absolute atomic E-state index is 8.80. The van der Waals surface area contributed by atoms with Crippen molar-refractivity contribution in [3.63, 3.8) is 0 Å². The lowest BCUT2D eigenvalue weighted by atomic mass is 10.2.